The van der Waals surface area contributed by atoms with Gasteiger partial charge >= 0.3 is 12.2 Å². The third kappa shape index (κ3) is 4.30. The van der Waals surface area contributed by atoms with E-state index in [1.807, 2.05) is 0 Å². The van der Waals surface area contributed by atoms with E-state index in [1.165, 1.54) is 0 Å². The summed E-state index contributed by atoms with van der Waals surface area (Å²) in [5, 5.41) is 5.10. The Bertz CT molecular complexity index is 819. The Morgan fingerprint density at radius 3 is 2.59 bits per heavy atom. The van der Waals surface area contributed by atoms with Crippen molar-refractivity contribution in [2.24, 2.45) is 0 Å². The Labute approximate surface area is 165 Å². The molecule has 0 radical (unpaired) electrons. The fourth-order valence-corrected chi connectivity index (χ4v) is 3.71. The number of imide groups is 1. The van der Waals surface area contributed by atoms with E-state index in [1.54, 1.807) is 6.92 Å². The monoisotopic (exact) mass is 413 g/mol. The first-order valence-electron chi connectivity index (χ1n) is 9.44. The molecule has 2 fully saturated rings. The number of benzene rings is 1. The van der Waals surface area contributed by atoms with E-state index in [9.17, 15) is 27.6 Å². The number of halogens is 3. The number of nitrogens with zero attached hydrogens (tertiary/aromatic N) is 1. The molecule has 10 heteroatoms. The molecule has 0 aromatic heterocycles. The molecule has 3 rings (SSSR count). The summed E-state index contributed by atoms with van der Waals surface area (Å²) < 4.78 is 44.2. The Morgan fingerprint density at radius 2 is 1.97 bits per heavy atom. The number of rotatable bonds is 6. The van der Waals surface area contributed by atoms with Crippen LogP contribution in [0, 0.1) is 0 Å². The summed E-state index contributed by atoms with van der Waals surface area (Å²) >= 11 is 0. The van der Waals surface area contributed by atoms with Gasteiger partial charge < -0.3 is 15.4 Å². The van der Waals surface area contributed by atoms with Crippen LogP contribution in [0.25, 0.3) is 0 Å². The van der Waals surface area contributed by atoms with Crippen LogP contribution in [0.2, 0.25) is 0 Å². The summed E-state index contributed by atoms with van der Waals surface area (Å²) in [6.45, 7) is 1.72. The third-order valence-electron chi connectivity index (χ3n) is 5.15. The summed E-state index contributed by atoms with van der Waals surface area (Å²) in [6, 6.07) is 2.27. The molecule has 0 unspecified atom stereocenters. The highest BCUT2D eigenvalue weighted by atomic mass is 19.4. The van der Waals surface area contributed by atoms with Gasteiger partial charge in [-0.25, -0.2) is 4.79 Å². The van der Waals surface area contributed by atoms with Crippen molar-refractivity contribution in [3.05, 3.63) is 23.8 Å². The lowest BCUT2D eigenvalue weighted by atomic mass is 9.98. The van der Waals surface area contributed by atoms with Gasteiger partial charge in [-0.3, -0.25) is 14.5 Å². The summed E-state index contributed by atoms with van der Waals surface area (Å²) in [5.74, 6) is -0.867. The van der Waals surface area contributed by atoms with Gasteiger partial charge in [0.05, 0.1) is 17.9 Å². The largest absolute Gasteiger partial charge is 0.492 e. The zero-order valence-corrected chi connectivity index (χ0v) is 15.9. The number of alkyl halides is 3. The van der Waals surface area contributed by atoms with Crippen molar-refractivity contribution in [2.75, 3.05) is 18.5 Å². The van der Waals surface area contributed by atoms with Crippen molar-refractivity contribution in [1.82, 2.24) is 10.2 Å². The highest BCUT2D eigenvalue weighted by Crippen LogP contribution is 2.36. The maximum atomic E-state index is 13.0. The maximum absolute atomic E-state index is 13.0. The van der Waals surface area contributed by atoms with E-state index in [0.717, 1.165) is 35.9 Å². The molecular weight excluding hydrogens is 391 g/mol. The average Bonchev–Trinajstić information content (AvgIpc) is 3.20. The number of anilines is 1. The second-order valence-corrected chi connectivity index (χ2v) is 7.12. The van der Waals surface area contributed by atoms with Gasteiger partial charge in [0.25, 0.3) is 5.91 Å². The Morgan fingerprint density at radius 1 is 1.28 bits per heavy atom. The molecule has 1 spiro atoms. The fourth-order valence-electron chi connectivity index (χ4n) is 3.71. The molecule has 158 valence electrons. The predicted molar refractivity (Wildman–Crippen MR) is 97.3 cm³/mol. The molecule has 4 amide bonds. The minimum absolute atomic E-state index is 0.105. The van der Waals surface area contributed by atoms with Crippen LogP contribution in [0.5, 0.6) is 5.75 Å². The molecule has 1 aliphatic heterocycles. The Balaban J connectivity index is 1.66. The predicted octanol–water partition coefficient (Wildman–Crippen LogP) is 3.30. The van der Waals surface area contributed by atoms with Crippen LogP contribution in [-0.4, -0.2) is 41.4 Å². The number of ether oxygens (including phenoxy) is 1. The molecule has 2 N–H and O–H groups in total. The normalized spacial score (nSPS) is 18.3. The first-order valence-corrected chi connectivity index (χ1v) is 9.44. The molecule has 7 nitrogen and oxygen atoms in total. The van der Waals surface area contributed by atoms with Gasteiger partial charge in [0, 0.05) is 13.0 Å². The minimum Gasteiger partial charge on any atom is -0.492 e. The van der Waals surface area contributed by atoms with Crippen molar-refractivity contribution >= 4 is 23.5 Å². The van der Waals surface area contributed by atoms with Crippen LogP contribution in [0.1, 0.15) is 44.6 Å². The lowest BCUT2D eigenvalue weighted by Crippen LogP contribution is -2.44. The molecule has 1 heterocycles. The summed E-state index contributed by atoms with van der Waals surface area (Å²) in [4.78, 5) is 38.0. The van der Waals surface area contributed by atoms with Crippen LogP contribution in [0.15, 0.2) is 18.2 Å². The van der Waals surface area contributed by atoms with Crippen molar-refractivity contribution in [1.29, 1.82) is 0 Å². The molecular formula is C19H22F3N3O4. The van der Waals surface area contributed by atoms with E-state index < -0.39 is 29.2 Å². The first-order chi connectivity index (χ1) is 13.7. The summed E-state index contributed by atoms with van der Waals surface area (Å²) in [7, 11) is 0. The van der Waals surface area contributed by atoms with E-state index in [-0.39, 0.29) is 36.9 Å². The van der Waals surface area contributed by atoms with Crippen molar-refractivity contribution in [3.63, 3.8) is 0 Å². The van der Waals surface area contributed by atoms with E-state index in [4.69, 9.17) is 4.74 Å². The first kappa shape index (κ1) is 20.9. The quantitative estimate of drug-likeness (QED) is 0.701. The van der Waals surface area contributed by atoms with E-state index >= 15 is 0 Å². The van der Waals surface area contributed by atoms with Gasteiger partial charge in [-0.2, -0.15) is 13.2 Å². The SMILES string of the molecule is CCOc1ccc(C(F)(F)F)cc1NC(=O)CCN1C(=O)NC2(CCCC2)C1=O. The zero-order valence-electron chi connectivity index (χ0n) is 15.9. The number of carbonyl (C=O) groups is 3. The van der Waals surface area contributed by atoms with Crippen LogP contribution < -0.4 is 15.4 Å². The van der Waals surface area contributed by atoms with Gasteiger partial charge in [-0.05, 0) is 38.0 Å². The maximum Gasteiger partial charge on any atom is 0.416 e. The topological polar surface area (TPSA) is 87.7 Å². The fraction of sp³-hybridized carbons (Fsp3) is 0.526. The van der Waals surface area contributed by atoms with Crippen LogP contribution in [0.4, 0.5) is 23.7 Å². The molecule has 1 aromatic rings. The Kier molecular flexibility index (Phi) is 5.72. The minimum atomic E-state index is -4.57. The molecule has 0 atom stereocenters. The standard InChI is InChI=1S/C19H22F3N3O4/c1-2-29-14-6-5-12(19(20,21)22)11-13(14)23-15(26)7-10-25-16(27)18(24-17(25)28)8-3-4-9-18/h5-6,11H,2-4,7-10H2,1H3,(H,23,26)(H,24,28). The number of hydrogen-bond donors (Lipinski definition) is 2. The van der Waals surface area contributed by atoms with E-state index in [2.05, 4.69) is 10.6 Å². The Hall–Kier alpha value is -2.78. The second-order valence-electron chi connectivity index (χ2n) is 7.12. The number of amides is 4. The van der Waals surface area contributed by atoms with Crippen LogP contribution in [0.3, 0.4) is 0 Å². The molecule has 0 bridgehead atoms. The van der Waals surface area contributed by atoms with Gasteiger partial charge in [-0.1, -0.05) is 12.8 Å². The van der Waals surface area contributed by atoms with Crippen molar-refractivity contribution < 1.29 is 32.3 Å². The summed E-state index contributed by atoms with van der Waals surface area (Å²) in [5.41, 5.74) is -1.90. The second kappa shape index (κ2) is 7.92. The molecule has 29 heavy (non-hydrogen) atoms. The molecule has 2 aliphatic rings. The van der Waals surface area contributed by atoms with Crippen molar-refractivity contribution in [2.45, 2.75) is 50.7 Å². The number of hydrogen-bond acceptors (Lipinski definition) is 4. The zero-order chi connectivity index (χ0) is 21.2. The summed E-state index contributed by atoms with van der Waals surface area (Å²) in [6.07, 6.45) is -1.98. The van der Waals surface area contributed by atoms with Gasteiger partial charge in [-0.15, -0.1) is 0 Å². The van der Waals surface area contributed by atoms with Crippen LogP contribution in [-0.2, 0) is 15.8 Å². The smallest absolute Gasteiger partial charge is 0.416 e. The number of carbonyl (C=O) groups excluding carboxylic acids is 3. The lowest BCUT2D eigenvalue weighted by molar-refractivity contribution is -0.137. The number of nitrogens with one attached hydrogen (secondary N) is 2. The van der Waals surface area contributed by atoms with Gasteiger partial charge in [0.1, 0.15) is 11.3 Å². The molecule has 1 saturated heterocycles. The van der Waals surface area contributed by atoms with Gasteiger partial charge in [0.2, 0.25) is 5.91 Å². The molecule has 1 aromatic carbocycles. The van der Waals surface area contributed by atoms with Crippen molar-refractivity contribution in [3.8, 4) is 5.75 Å². The van der Waals surface area contributed by atoms with Crippen LogP contribution >= 0.6 is 0 Å². The molecule has 1 saturated carbocycles. The van der Waals surface area contributed by atoms with Gasteiger partial charge in [0.15, 0.2) is 0 Å². The number of urea groups is 1. The third-order valence-corrected chi connectivity index (χ3v) is 5.15. The molecule has 1 aliphatic carbocycles. The average molecular weight is 413 g/mol. The highest BCUT2D eigenvalue weighted by Gasteiger charge is 2.52. The van der Waals surface area contributed by atoms with E-state index in [0.29, 0.717) is 12.8 Å². The highest BCUT2D eigenvalue weighted by molar-refractivity contribution is 6.07. The lowest BCUT2D eigenvalue weighted by Gasteiger charge is -2.20.